The Morgan fingerprint density at radius 2 is 1.90 bits per heavy atom. The molecule has 20 heavy (non-hydrogen) atoms. The molecule has 0 aliphatic rings. The number of imidazole rings is 1. The van der Waals surface area contributed by atoms with Gasteiger partial charge in [-0.1, -0.05) is 12.1 Å². The number of nitrogens with zero attached hydrogens (tertiary/aromatic N) is 2. The molecule has 0 radical (unpaired) electrons. The van der Waals surface area contributed by atoms with Crippen LogP contribution in [0.1, 0.15) is 12.7 Å². The summed E-state index contributed by atoms with van der Waals surface area (Å²) in [5, 5.41) is 0. The fraction of sp³-hybridized carbons (Fsp3) is 0.333. The third kappa shape index (κ3) is 4.32. The Labute approximate surface area is 118 Å². The Balaban J connectivity index is 0.000000206. The van der Waals surface area contributed by atoms with Crippen molar-refractivity contribution in [3.05, 3.63) is 30.1 Å². The number of hydrogen-bond donors (Lipinski definition) is 2. The average molecular weight is 298 g/mol. The number of carbonyl (C=O) groups is 1. The Bertz CT molecular complexity index is 707. The summed E-state index contributed by atoms with van der Waals surface area (Å²) in [5.74, 6) is 0.454. The maximum absolute atomic E-state index is 10.4. The van der Waals surface area contributed by atoms with Gasteiger partial charge in [-0.25, -0.2) is 14.4 Å². The number of amides is 1. The molecule has 7 nitrogen and oxygen atoms in total. The van der Waals surface area contributed by atoms with Crippen LogP contribution in [0.15, 0.2) is 24.3 Å². The van der Waals surface area contributed by atoms with E-state index in [9.17, 15) is 13.2 Å². The number of nitrogens with one attached hydrogen (secondary N) is 2. The molecule has 110 valence electrons. The summed E-state index contributed by atoms with van der Waals surface area (Å²) in [7, 11) is -0.322. The third-order valence-electron chi connectivity index (χ3n) is 2.56. The first-order valence-electron chi connectivity index (χ1n) is 5.86. The Hall–Kier alpha value is -1.93. The molecular weight excluding hydrogens is 280 g/mol. The van der Waals surface area contributed by atoms with Crippen LogP contribution >= 0.6 is 0 Å². The number of carbonyl (C=O) groups excluding carboxylic acids is 1. The van der Waals surface area contributed by atoms with Gasteiger partial charge in [0.1, 0.15) is 5.82 Å². The minimum atomic E-state index is -3.57. The highest BCUT2D eigenvalue weighted by Gasteiger charge is 2.05. The van der Waals surface area contributed by atoms with E-state index < -0.39 is 16.1 Å². The highest BCUT2D eigenvalue weighted by atomic mass is 32.2. The van der Waals surface area contributed by atoms with Crippen LogP contribution in [0.25, 0.3) is 11.0 Å². The molecule has 0 spiro atoms. The molecule has 0 aliphatic heterocycles. The first kappa shape index (κ1) is 16.1. The zero-order valence-electron chi connectivity index (χ0n) is 11.8. The zero-order chi connectivity index (χ0) is 15.3. The highest BCUT2D eigenvalue weighted by Crippen LogP contribution is 2.12. The standard InChI is InChI=1S/C9H10N2.C3H8N2O3S/c1-7-10-8-5-3-4-6-9(8)11(7)2;1-3(6)5-9(7,8)4-2/h3-6H,1-2H3;4H,1-2H3,(H,5,6). The number of benzene rings is 1. The van der Waals surface area contributed by atoms with Crippen molar-refractivity contribution in [2.24, 2.45) is 7.05 Å². The SMILES string of the molecule is CNS(=O)(=O)NC(C)=O.Cc1nc2ccccc2n1C. The summed E-state index contributed by atoms with van der Waals surface area (Å²) < 4.78 is 26.4. The summed E-state index contributed by atoms with van der Waals surface area (Å²) >= 11 is 0. The summed E-state index contributed by atoms with van der Waals surface area (Å²) in [4.78, 5) is 14.5. The van der Waals surface area contributed by atoms with Gasteiger partial charge >= 0.3 is 10.2 Å². The lowest BCUT2D eigenvalue weighted by Gasteiger charge is -1.99. The van der Waals surface area contributed by atoms with Crippen molar-refractivity contribution < 1.29 is 13.2 Å². The van der Waals surface area contributed by atoms with Crippen LogP contribution in [-0.4, -0.2) is 30.9 Å². The van der Waals surface area contributed by atoms with Crippen LogP contribution in [0, 0.1) is 6.92 Å². The zero-order valence-corrected chi connectivity index (χ0v) is 12.7. The van der Waals surface area contributed by atoms with Gasteiger partial charge in [-0.05, 0) is 19.1 Å². The van der Waals surface area contributed by atoms with Crippen LogP contribution in [-0.2, 0) is 22.1 Å². The van der Waals surface area contributed by atoms with Gasteiger partial charge in [0.05, 0.1) is 11.0 Å². The van der Waals surface area contributed by atoms with E-state index in [0.29, 0.717) is 0 Å². The normalized spacial score (nSPS) is 10.8. The lowest BCUT2D eigenvalue weighted by Crippen LogP contribution is -2.36. The molecule has 0 fully saturated rings. The van der Waals surface area contributed by atoms with Crippen molar-refractivity contribution in [1.29, 1.82) is 0 Å². The number of hydrogen-bond acceptors (Lipinski definition) is 4. The van der Waals surface area contributed by atoms with E-state index in [1.807, 2.05) is 36.9 Å². The summed E-state index contributed by atoms with van der Waals surface area (Å²) in [6.07, 6.45) is 0. The van der Waals surface area contributed by atoms with Gasteiger partial charge in [0.15, 0.2) is 0 Å². The Kier molecular flexibility index (Phi) is 5.23. The third-order valence-corrected chi connectivity index (χ3v) is 3.65. The highest BCUT2D eigenvalue weighted by molar-refractivity contribution is 7.88. The number of para-hydroxylation sites is 2. The summed E-state index contributed by atoms with van der Waals surface area (Å²) in [6.45, 7) is 3.13. The number of aryl methyl sites for hydroxylation is 2. The largest absolute Gasteiger partial charge is 0.331 e. The van der Waals surface area contributed by atoms with Crippen molar-refractivity contribution in [1.82, 2.24) is 19.0 Å². The maximum Gasteiger partial charge on any atom is 0.300 e. The van der Waals surface area contributed by atoms with Gasteiger partial charge in [0, 0.05) is 21.0 Å². The van der Waals surface area contributed by atoms with Crippen LogP contribution in [0.4, 0.5) is 0 Å². The molecule has 8 heteroatoms. The molecule has 2 rings (SSSR count). The van der Waals surface area contributed by atoms with Crippen LogP contribution in [0.5, 0.6) is 0 Å². The second kappa shape index (κ2) is 6.49. The predicted octanol–water partition coefficient (Wildman–Crippen LogP) is 0.468. The molecule has 1 aromatic heterocycles. The van der Waals surface area contributed by atoms with Crippen LogP contribution in [0.2, 0.25) is 0 Å². The van der Waals surface area contributed by atoms with Gasteiger partial charge in [-0.15, -0.1) is 0 Å². The molecule has 1 heterocycles. The molecular formula is C12H18N4O3S. The number of aromatic nitrogens is 2. The lowest BCUT2D eigenvalue weighted by molar-refractivity contribution is -0.117. The van der Waals surface area contributed by atoms with Crippen molar-refractivity contribution in [2.75, 3.05) is 7.05 Å². The number of rotatable bonds is 2. The van der Waals surface area contributed by atoms with Crippen molar-refractivity contribution >= 4 is 27.1 Å². The minimum absolute atomic E-state index is 0.607. The van der Waals surface area contributed by atoms with E-state index in [2.05, 4.69) is 15.6 Å². The van der Waals surface area contributed by atoms with E-state index in [1.54, 1.807) is 4.72 Å². The van der Waals surface area contributed by atoms with Crippen molar-refractivity contribution in [3.8, 4) is 0 Å². The topological polar surface area (TPSA) is 93.1 Å². The Morgan fingerprint density at radius 1 is 1.30 bits per heavy atom. The second-order valence-electron chi connectivity index (χ2n) is 4.07. The smallest absolute Gasteiger partial charge is 0.300 e. The summed E-state index contributed by atoms with van der Waals surface area (Å²) in [5.41, 5.74) is 2.28. The number of fused-ring (bicyclic) bond motifs is 1. The molecule has 0 saturated carbocycles. The molecule has 0 bridgehead atoms. The minimum Gasteiger partial charge on any atom is -0.331 e. The van der Waals surface area contributed by atoms with Gasteiger partial charge in [-0.3, -0.25) is 4.79 Å². The van der Waals surface area contributed by atoms with E-state index in [-0.39, 0.29) is 0 Å². The predicted molar refractivity (Wildman–Crippen MR) is 77.2 cm³/mol. The molecule has 0 saturated heterocycles. The van der Waals surface area contributed by atoms with Gasteiger partial charge in [0.25, 0.3) is 0 Å². The van der Waals surface area contributed by atoms with Gasteiger partial charge in [0.2, 0.25) is 5.91 Å². The van der Waals surface area contributed by atoms with Gasteiger partial charge < -0.3 is 4.57 Å². The molecule has 1 aromatic carbocycles. The monoisotopic (exact) mass is 298 g/mol. The van der Waals surface area contributed by atoms with E-state index in [1.165, 1.54) is 12.6 Å². The van der Waals surface area contributed by atoms with Gasteiger partial charge in [-0.2, -0.15) is 8.42 Å². The fourth-order valence-electron chi connectivity index (χ4n) is 1.51. The maximum atomic E-state index is 10.4. The van der Waals surface area contributed by atoms with Crippen molar-refractivity contribution in [2.45, 2.75) is 13.8 Å². The van der Waals surface area contributed by atoms with E-state index in [0.717, 1.165) is 18.3 Å². The fourth-order valence-corrected chi connectivity index (χ4v) is 1.99. The molecule has 2 N–H and O–H groups in total. The summed E-state index contributed by atoms with van der Waals surface area (Å²) in [6, 6.07) is 8.15. The Morgan fingerprint density at radius 3 is 2.35 bits per heavy atom. The van der Waals surface area contributed by atoms with Crippen LogP contribution < -0.4 is 9.44 Å². The average Bonchev–Trinajstić information content (AvgIpc) is 2.65. The molecule has 1 amide bonds. The molecule has 0 atom stereocenters. The van der Waals surface area contributed by atoms with Crippen LogP contribution in [0.3, 0.4) is 0 Å². The quantitative estimate of drug-likeness (QED) is 0.843. The lowest BCUT2D eigenvalue weighted by atomic mass is 10.3. The second-order valence-corrected chi connectivity index (χ2v) is 5.69. The molecule has 2 aromatic rings. The van der Waals surface area contributed by atoms with E-state index in [4.69, 9.17) is 0 Å². The first-order valence-corrected chi connectivity index (χ1v) is 7.35. The van der Waals surface area contributed by atoms with E-state index >= 15 is 0 Å². The first-order chi connectivity index (χ1) is 9.26. The molecule has 0 aliphatic carbocycles. The van der Waals surface area contributed by atoms with Crippen molar-refractivity contribution in [3.63, 3.8) is 0 Å². The molecule has 0 unspecified atom stereocenters.